The molecule has 7 heteroatoms. The second kappa shape index (κ2) is 12.0. The number of piperidine rings is 1. The van der Waals surface area contributed by atoms with E-state index in [0.29, 0.717) is 26.0 Å². The largest absolute Gasteiger partial charge is 0.494 e. The van der Waals surface area contributed by atoms with Gasteiger partial charge >= 0.3 is 0 Å². The fourth-order valence-electron chi connectivity index (χ4n) is 5.75. The third kappa shape index (κ3) is 5.69. The van der Waals surface area contributed by atoms with E-state index >= 15 is 0 Å². The molecule has 0 radical (unpaired) electrons. The van der Waals surface area contributed by atoms with Crippen molar-refractivity contribution in [1.82, 2.24) is 14.5 Å². The van der Waals surface area contributed by atoms with Crippen molar-refractivity contribution in [3.63, 3.8) is 0 Å². The lowest BCUT2D eigenvalue weighted by molar-refractivity contribution is -0.132. The molecule has 1 fully saturated rings. The number of carbonyl (C=O) groups is 1. The Morgan fingerprint density at radius 2 is 1.95 bits per heavy atom. The number of fused-ring (bicyclic) bond motifs is 2. The number of ether oxygens (including phenoxy) is 2. The standard InChI is InChI=1S/C31H38N4O3/c1-37-17-7-16-35-30-27(11-5-12-28(30)38-2)33-31(35)25-10-6-15-34(21-25)29(36)20-26(32)19-22-13-14-23-8-3-4-9-24(23)18-22/h3-5,8-9,11-14,18,25-26H,6-7,10,15-17,19-21,32H2,1-2H3/t25-,26-/m1/s1. The maximum absolute atomic E-state index is 13.3. The van der Waals surface area contributed by atoms with E-state index in [4.69, 9.17) is 20.2 Å². The van der Waals surface area contributed by atoms with Crippen LogP contribution in [0.5, 0.6) is 5.75 Å². The highest BCUT2D eigenvalue weighted by atomic mass is 16.5. The summed E-state index contributed by atoms with van der Waals surface area (Å²) < 4.78 is 13.3. The second-order valence-electron chi connectivity index (χ2n) is 10.3. The molecule has 2 heterocycles. The molecule has 2 atom stereocenters. The molecule has 0 aliphatic carbocycles. The zero-order valence-electron chi connectivity index (χ0n) is 22.4. The van der Waals surface area contributed by atoms with Crippen LogP contribution >= 0.6 is 0 Å². The Labute approximate surface area is 224 Å². The number of amides is 1. The second-order valence-corrected chi connectivity index (χ2v) is 10.3. The van der Waals surface area contributed by atoms with Crippen LogP contribution < -0.4 is 10.5 Å². The zero-order chi connectivity index (χ0) is 26.5. The maximum Gasteiger partial charge on any atom is 0.224 e. The van der Waals surface area contributed by atoms with Crippen molar-refractivity contribution in [2.75, 3.05) is 33.9 Å². The summed E-state index contributed by atoms with van der Waals surface area (Å²) in [6, 6.07) is 20.5. The minimum Gasteiger partial charge on any atom is -0.494 e. The molecule has 200 valence electrons. The number of imidazole rings is 1. The van der Waals surface area contributed by atoms with E-state index in [0.717, 1.165) is 55.0 Å². The van der Waals surface area contributed by atoms with Gasteiger partial charge in [0.2, 0.25) is 5.91 Å². The highest BCUT2D eigenvalue weighted by Crippen LogP contribution is 2.33. The van der Waals surface area contributed by atoms with Gasteiger partial charge in [-0.15, -0.1) is 0 Å². The number of methoxy groups -OCH3 is 2. The topological polar surface area (TPSA) is 82.6 Å². The molecule has 2 N–H and O–H groups in total. The van der Waals surface area contributed by atoms with E-state index in [1.807, 2.05) is 35.2 Å². The molecule has 0 unspecified atom stereocenters. The van der Waals surface area contributed by atoms with Gasteiger partial charge in [-0.25, -0.2) is 4.98 Å². The third-order valence-corrected chi connectivity index (χ3v) is 7.60. The summed E-state index contributed by atoms with van der Waals surface area (Å²) in [5.41, 5.74) is 9.60. The van der Waals surface area contributed by atoms with Crippen molar-refractivity contribution in [2.45, 2.75) is 50.6 Å². The fraction of sp³-hybridized carbons (Fsp3) is 0.419. The summed E-state index contributed by atoms with van der Waals surface area (Å²) in [6.45, 7) is 2.91. The van der Waals surface area contributed by atoms with E-state index in [9.17, 15) is 4.79 Å². The lowest BCUT2D eigenvalue weighted by atomic mass is 9.95. The zero-order valence-corrected chi connectivity index (χ0v) is 22.4. The van der Waals surface area contributed by atoms with Crippen molar-refractivity contribution >= 4 is 27.7 Å². The Balaban J connectivity index is 1.29. The van der Waals surface area contributed by atoms with Gasteiger partial charge < -0.3 is 24.7 Å². The van der Waals surface area contributed by atoms with Gasteiger partial charge in [0.05, 0.1) is 12.6 Å². The van der Waals surface area contributed by atoms with Gasteiger partial charge in [-0.3, -0.25) is 4.79 Å². The summed E-state index contributed by atoms with van der Waals surface area (Å²) in [4.78, 5) is 20.4. The van der Waals surface area contributed by atoms with Crippen LogP contribution in [0.1, 0.15) is 43.0 Å². The van der Waals surface area contributed by atoms with Gasteiger partial charge in [-0.1, -0.05) is 48.5 Å². The first-order valence-corrected chi connectivity index (χ1v) is 13.6. The fourth-order valence-corrected chi connectivity index (χ4v) is 5.75. The molecule has 1 saturated heterocycles. The molecule has 0 spiro atoms. The van der Waals surface area contributed by atoms with Gasteiger partial charge in [0, 0.05) is 51.7 Å². The molecule has 1 aliphatic rings. The first kappa shape index (κ1) is 26.2. The lowest BCUT2D eigenvalue weighted by Gasteiger charge is -2.33. The summed E-state index contributed by atoms with van der Waals surface area (Å²) in [5.74, 6) is 2.15. The Morgan fingerprint density at radius 1 is 1.11 bits per heavy atom. The number of benzene rings is 3. The number of aryl methyl sites for hydroxylation is 1. The van der Waals surface area contributed by atoms with Gasteiger partial charge in [0.15, 0.2) is 0 Å². The number of rotatable bonds is 10. The number of nitrogens with zero attached hydrogens (tertiary/aromatic N) is 3. The monoisotopic (exact) mass is 514 g/mol. The smallest absolute Gasteiger partial charge is 0.224 e. The highest BCUT2D eigenvalue weighted by Gasteiger charge is 2.30. The van der Waals surface area contributed by atoms with E-state index in [2.05, 4.69) is 34.9 Å². The van der Waals surface area contributed by atoms with Gasteiger partial charge in [0.25, 0.3) is 0 Å². The van der Waals surface area contributed by atoms with Crippen molar-refractivity contribution < 1.29 is 14.3 Å². The van der Waals surface area contributed by atoms with Crippen molar-refractivity contribution in [3.8, 4) is 5.75 Å². The number of para-hydroxylation sites is 1. The average molecular weight is 515 g/mol. The summed E-state index contributed by atoms with van der Waals surface area (Å²) in [6.07, 6.45) is 3.87. The summed E-state index contributed by atoms with van der Waals surface area (Å²) in [5, 5.41) is 2.42. The van der Waals surface area contributed by atoms with Crippen LogP contribution in [-0.2, 0) is 22.5 Å². The third-order valence-electron chi connectivity index (χ3n) is 7.60. The molecule has 5 rings (SSSR count). The van der Waals surface area contributed by atoms with Crippen molar-refractivity contribution in [3.05, 3.63) is 72.1 Å². The number of aromatic nitrogens is 2. The van der Waals surface area contributed by atoms with Crippen molar-refractivity contribution in [1.29, 1.82) is 0 Å². The predicted molar refractivity (Wildman–Crippen MR) is 152 cm³/mol. The summed E-state index contributed by atoms with van der Waals surface area (Å²) >= 11 is 0. The number of likely N-dealkylation sites (tertiary alicyclic amines) is 1. The first-order valence-electron chi connectivity index (χ1n) is 13.6. The van der Waals surface area contributed by atoms with Crippen LogP contribution in [-0.4, -0.2) is 60.3 Å². The number of nitrogens with two attached hydrogens (primary N) is 1. The molecule has 0 bridgehead atoms. The Morgan fingerprint density at radius 3 is 2.76 bits per heavy atom. The molecule has 3 aromatic carbocycles. The molecule has 0 saturated carbocycles. The van der Waals surface area contributed by atoms with Crippen LogP contribution in [0.3, 0.4) is 0 Å². The van der Waals surface area contributed by atoms with Crippen LogP contribution in [0, 0.1) is 0 Å². The highest BCUT2D eigenvalue weighted by molar-refractivity contribution is 5.84. The van der Waals surface area contributed by atoms with Gasteiger partial charge in [-0.2, -0.15) is 0 Å². The van der Waals surface area contributed by atoms with Crippen LogP contribution in [0.2, 0.25) is 0 Å². The predicted octanol–water partition coefficient (Wildman–Crippen LogP) is 4.90. The van der Waals surface area contributed by atoms with E-state index in [1.165, 1.54) is 16.3 Å². The van der Waals surface area contributed by atoms with E-state index < -0.39 is 0 Å². The molecular weight excluding hydrogens is 476 g/mol. The lowest BCUT2D eigenvalue weighted by Crippen LogP contribution is -2.42. The van der Waals surface area contributed by atoms with E-state index in [1.54, 1.807) is 14.2 Å². The van der Waals surface area contributed by atoms with Gasteiger partial charge in [-0.05, 0) is 54.2 Å². The van der Waals surface area contributed by atoms with Crippen LogP contribution in [0.25, 0.3) is 21.8 Å². The molecule has 1 aromatic heterocycles. The quantitative estimate of drug-likeness (QED) is 0.304. The minimum absolute atomic E-state index is 0.127. The molecule has 7 nitrogen and oxygen atoms in total. The normalized spacial score (nSPS) is 16.7. The number of carbonyl (C=O) groups excluding carboxylic acids is 1. The molecule has 38 heavy (non-hydrogen) atoms. The minimum atomic E-state index is -0.216. The molecule has 1 aliphatic heterocycles. The molecule has 4 aromatic rings. The number of hydrogen-bond acceptors (Lipinski definition) is 5. The Kier molecular flexibility index (Phi) is 8.25. The van der Waals surface area contributed by atoms with Crippen molar-refractivity contribution in [2.24, 2.45) is 5.73 Å². The maximum atomic E-state index is 13.3. The number of hydrogen-bond donors (Lipinski definition) is 1. The van der Waals surface area contributed by atoms with Gasteiger partial charge in [0.1, 0.15) is 17.1 Å². The average Bonchev–Trinajstić information content (AvgIpc) is 3.32. The first-order chi connectivity index (χ1) is 18.6. The summed E-state index contributed by atoms with van der Waals surface area (Å²) in [7, 11) is 3.42. The molecular formula is C31H38N4O3. The Hall–Kier alpha value is -3.42. The Bertz CT molecular complexity index is 1400. The molecule has 1 amide bonds. The van der Waals surface area contributed by atoms with Crippen LogP contribution in [0.15, 0.2) is 60.7 Å². The van der Waals surface area contributed by atoms with Crippen LogP contribution in [0.4, 0.5) is 0 Å². The SMILES string of the molecule is COCCCn1c([C@@H]2CCCN(C(=O)C[C@H](N)Cc3ccc4ccccc4c3)C2)nc2cccc(OC)c21. The van der Waals surface area contributed by atoms with E-state index in [-0.39, 0.29) is 17.9 Å².